The Morgan fingerprint density at radius 3 is 2.71 bits per heavy atom. The second-order valence-corrected chi connectivity index (χ2v) is 7.57. The van der Waals surface area contributed by atoms with E-state index < -0.39 is 5.54 Å². The Hall–Kier alpha value is -1.43. The van der Waals surface area contributed by atoms with Gasteiger partial charge >= 0.3 is 0 Å². The number of nitrogens with one attached hydrogen (secondary N) is 1. The lowest BCUT2D eigenvalue weighted by Crippen LogP contribution is -2.70. The Morgan fingerprint density at radius 1 is 1.38 bits per heavy atom. The zero-order chi connectivity index (χ0) is 14.6. The summed E-state index contributed by atoms with van der Waals surface area (Å²) in [5, 5.41) is 3.01. The number of aromatic nitrogens is 1. The third-order valence-electron chi connectivity index (χ3n) is 5.10. The summed E-state index contributed by atoms with van der Waals surface area (Å²) in [5.74, 6) is 0.773. The van der Waals surface area contributed by atoms with Gasteiger partial charge in [0.2, 0.25) is 11.8 Å². The van der Waals surface area contributed by atoms with Crippen molar-refractivity contribution in [3.8, 4) is 0 Å². The minimum Gasteiger partial charge on any atom is -0.342 e. The highest BCUT2D eigenvalue weighted by Crippen LogP contribution is 2.47. The summed E-state index contributed by atoms with van der Waals surface area (Å²) in [4.78, 5) is 32.6. The smallest absolute Gasteiger partial charge is 0.246 e. The molecule has 5 nitrogen and oxygen atoms in total. The van der Waals surface area contributed by atoms with Crippen molar-refractivity contribution >= 4 is 23.2 Å². The van der Waals surface area contributed by atoms with Crippen LogP contribution in [0.2, 0.25) is 0 Å². The molecule has 1 saturated heterocycles. The summed E-state index contributed by atoms with van der Waals surface area (Å²) in [6.07, 6.45) is 5.95. The second kappa shape index (κ2) is 4.53. The SMILES string of the molecule is CC1(C2CC2)C(=O)NC(C2CC2)C(=O)N1Cc1cncs1. The maximum atomic E-state index is 12.9. The summed E-state index contributed by atoms with van der Waals surface area (Å²) in [5.41, 5.74) is 1.09. The molecule has 2 aliphatic carbocycles. The molecule has 0 bridgehead atoms. The van der Waals surface area contributed by atoms with Crippen molar-refractivity contribution in [2.75, 3.05) is 0 Å². The Bertz CT molecular complexity index is 580. The number of amides is 2. The fourth-order valence-corrected chi connectivity index (χ4v) is 3.97. The summed E-state index contributed by atoms with van der Waals surface area (Å²) < 4.78 is 0. The number of hydrogen-bond acceptors (Lipinski definition) is 4. The largest absolute Gasteiger partial charge is 0.342 e. The van der Waals surface area contributed by atoms with E-state index in [1.54, 1.807) is 23.0 Å². The highest BCUT2D eigenvalue weighted by Gasteiger charge is 2.58. The van der Waals surface area contributed by atoms with Crippen LogP contribution in [0.1, 0.15) is 37.5 Å². The first-order valence-corrected chi connectivity index (χ1v) is 8.48. The van der Waals surface area contributed by atoms with Crippen molar-refractivity contribution in [3.05, 3.63) is 16.6 Å². The van der Waals surface area contributed by atoms with Gasteiger partial charge in [-0.2, -0.15) is 0 Å². The zero-order valence-corrected chi connectivity index (χ0v) is 12.9. The lowest BCUT2D eigenvalue weighted by atomic mass is 9.87. The van der Waals surface area contributed by atoms with Crippen LogP contribution >= 0.6 is 11.3 Å². The first-order chi connectivity index (χ1) is 10.1. The molecule has 3 fully saturated rings. The quantitative estimate of drug-likeness (QED) is 0.918. The molecule has 0 radical (unpaired) electrons. The number of rotatable bonds is 4. The summed E-state index contributed by atoms with van der Waals surface area (Å²) in [6, 6.07) is -0.308. The lowest BCUT2D eigenvalue weighted by Gasteiger charge is -2.46. The highest BCUT2D eigenvalue weighted by atomic mass is 32.1. The molecule has 2 atom stereocenters. The number of thiazole rings is 1. The van der Waals surface area contributed by atoms with E-state index in [2.05, 4.69) is 10.3 Å². The van der Waals surface area contributed by atoms with Gasteiger partial charge in [0.05, 0.1) is 12.1 Å². The molecule has 4 rings (SSSR count). The molecule has 2 unspecified atom stereocenters. The van der Waals surface area contributed by atoms with Crippen LogP contribution in [-0.2, 0) is 16.1 Å². The van der Waals surface area contributed by atoms with Crippen LogP contribution in [0.25, 0.3) is 0 Å². The maximum absolute atomic E-state index is 12.9. The number of carbonyl (C=O) groups excluding carboxylic acids is 2. The first kappa shape index (κ1) is 13.2. The van der Waals surface area contributed by atoms with E-state index in [0.717, 1.165) is 30.6 Å². The molecule has 6 heteroatoms. The van der Waals surface area contributed by atoms with Gasteiger partial charge in [0.15, 0.2) is 0 Å². The van der Waals surface area contributed by atoms with Gasteiger partial charge in [0.1, 0.15) is 11.6 Å². The third kappa shape index (κ3) is 2.08. The fourth-order valence-electron chi connectivity index (χ4n) is 3.39. The van der Waals surface area contributed by atoms with Crippen LogP contribution in [0.15, 0.2) is 11.7 Å². The average molecular weight is 305 g/mol. The minimum atomic E-state index is -0.688. The third-order valence-corrected chi connectivity index (χ3v) is 5.87. The minimum absolute atomic E-state index is 0.0333. The molecule has 0 spiro atoms. The Morgan fingerprint density at radius 2 is 2.14 bits per heavy atom. The molecular weight excluding hydrogens is 286 g/mol. The van der Waals surface area contributed by atoms with Gasteiger partial charge in [-0.3, -0.25) is 14.6 Å². The highest BCUT2D eigenvalue weighted by molar-refractivity contribution is 7.09. The fraction of sp³-hybridized carbons (Fsp3) is 0.667. The molecule has 3 aliphatic rings. The number of piperazine rings is 1. The molecule has 2 amide bonds. The zero-order valence-electron chi connectivity index (χ0n) is 12.0. The second-order valence-electron chi connectivity index (χ2n) is 6.60. The van der Waals surface area contributed by atoms with Crippen molar-refractivity contribution in [1.29, 1.82) is 0 Å². The molecular formula is C15H19N3O2S. The van der Waals surface area contributed by atoms with E-state index in [9.17, 15) is 9.59 Å². The van der Waals surface area contributed by atoms with Crippen LogP contribution in [0, 0.1) is 11.8 Å². The van der Waals surface area contributed by atoms with Crippen LogP contribution in [0.3, 0.4) is 0 Å². The Kier molecular flexibility index (Phi) is 2.86. The normalized spacial score (nSPS) is 33.2. The van der Waals surface area contributed by atoms with Crippen molar-refractivity contribution in [3.63, 3.8) is 0 Å². The molecule has 0 aromatic carbocycles. The summed E-state index contributed by atoms with van der Waals surface area (Å²) in [7, 11) is 0. The van der Waals surface area contributed by atoms with Gasteiger partial charge in [0, 0.05) is 11.1 Å². The number of hydrogen-bond donors (Lipinski definition) is 1. The summed E-state index contributed by atoms with van der Waals surface area (Å²) >= 11 is 1.54. The number of nitrogens with zero attached hydrogens (tertiary/aromatic N) is 2. The number of carbonyl (C=O) groups is 2. The van der Waals surface area contributed by atoms with Crippen LogP contribution in [0.4, 0.5) is 0 Å². The molecule has 1 aromatic rings. The Labute approximate surface area is 127 Å². The van der Waals surface area contributed by atoms with Crippen LogP contribution < -0.4 is 5.32 Å². The van der Waals surface area contributed by atoms with Crippen molar-refractivity contribution < 1.29 is 9.59 Å². The molecule has 21 heavy (non-hydrogen) atoms. The van der Waals surface area contributed by atoms with E-state index in [0.29, 0.717) is 18.4 Å². The lowest BCUT2D eigenvalue weighted by molar-refractivity contribution is -0.159. The first-order valence-electron chi connectivity index (χ1n) is 7.60. The standard InChI is InChI=1S/C15H19N3O2S/c1-15(10-4-5-10)14(20)17-12(9-2-3-9)13(19)18(15)7-11-6-16-8-21-11/h6,8-10,12H,2-5,7H2,1H3,(H,17,20). The van der Waals surface area contributed by atoms with E-state index >= 15 is 0 Å². The van der Waals surface area contributed by atoms with Gasteiger partial charge in [-0.1, -0.05) is 0 Å². The topological polar surface area (TPSA) is 62.3 Å². The Balaban J connectivity index is 1.67. The van der Waals surface area contributed by atoms with Crippen molar-refractivity contribution in [1.82, 2.24) is 15.2 Å². The van der Waals surface area contributed by atoms with Gasteiger partial charge in [0.25, 0.3) is 0 Å². The van der Waals surface area contributed by atoms with Crippen molar-refractivity contribution in [2.24, 2.45) is 11.8 Å². The van der Waals surface area contributed by atoms with E-state index in [1.165, 1.54) is 0 Å². The van der Waals surface area contributed by atoms with E-state index in [1.807, 2.05) is 11.8 Å². The van der Waals surface area contributed by atoms with Gasteiger partial charge in [-0.15, -0.1) is 11.3 Å². The van der Waals surface area contributed by atoms with Gasteiger partial charge in [-0.05, 0) is 44.4 Å². The maximum Gasteiger partial charge on any atom is 0.246 e. The molecule has 2 heterocycles. The van der Waals surface area contributed by atoms with Crippen molar-refractivity contribution in [2.45, 2.75) is 50.7 Å². The van der Waals surface area contributed by atoms with Gasteiger partial charge < -0.3 is 10.2 Å². The molecule has 1 aromatic heterocycles. The molecule has 1 aliphatic heterocycles. The predicted octanol–water partition coefficient (Wildman–Crippen LogP) is 1.55. The molecule has 1 N–H and O–H groups in total. The average Bonchev–Trinajstić information content (AvgIpc) is 3.38. The van der Waals surface area contributed by atoms with Gasteiger partial charge in [-0.25, -0.2) is 0 Å². The van der Waals surface area contributed by atoms with E-state index in [-0.39, 0.29) is 17.9 Å². The summed E-state index contributed by atoms with van der Waals surface area (Å²) in [6.45, 7) is 2.44. The van der Waals surface area contributed by atoms with Crippen LogP contribution in [-0.4, -0.2) is 33.3 Å². The monoisotopic (exact) mass is 305 g/mol. The van der Waals surface area contributed by atoms with E-state index in [4.69, 9.17) is 0 Å². The molecule has 112 valence electrons. The van der Waals surface area contributed by atoms with Crippen LogP contribution in [0.5, 0.6) is 0 Å². The molecule has 2 saturated carbocycles. The predicted molar refractivity (Wildman–Crippen MR) is 78.4 cm³/mol.